The van der Waals surface area contributed by atoms with Crippen LogP contribution in [0.3, 0.4) is 0 Å². The van der Waals surface area contributed by atoms with Gasteiger partial charge in [-0.05, 0) is 74.5 Å². The lowest BCUT2D eigenvalue weighted by Crippen LogP contribution is -2.31. The van der Waals surface area contributed by atoms with Crippen LogP contribution in [0.5, 0.6) is 0 Å². The van der Waals surface area contributed by atoms with Crippen LogP contribution >= 0.6 is 11.3 Å². The second-order valence-corrected chi connectivity index (χ2v) is 13.9. The summed E-state index contributed by atoms with van der Waals surface area (Å²) in [5.41, 5.74) is 4.00. The van der Waals surface area contributed by atoms with Gasteiger partial charge in [0.15, 0.2) is 5.82 Å². The van der Waals surface area contributed by atoms with Crippen molar-refractivity contribution < 1.29 is 14.3 Å². The molecule has 10 heteroatoms. The maximum atomic E-state index is 13.7. The zero-order valence-electron chi connectivity index (χ0n) is 26.4. The van der Waals surface area contributed by atoms with E-state index in [1.54, 1.807) is 11.3 Å². The monoisotopic (exact) mass is 638 g/mol. The topological polar surface area (TPSA) is 101 Å². The van der Waals surface area contributed by atoms with Crippen molar-refractivity contribution in [3.05, 3.63) is 93.6 Å². The largest absolute Gasteiger partial charge is 0.369 e. The molecule has 4 aromatic rings. The molecule has 3 aliphatic carbocycles. The van der Waals surface area contributed by atoms with Crippen LogP contribution in [0.2, 0.25) is 0 Å². The summed E-state index contributed by atoms with van der Waals surface area (Å²) in [7, 11) is 0. The Labute approximate surface area is 274 Å². The first-order valence-electron chi connectivity index (χ1n) is 16.6. The number of carbonyl (C=O) groups is 2. The minimum absolute atomic E-state index is 0.0323. The number of carbonyl (C=O) groups excluding carboxylic acids is 2. The number of ether oxygens (including phenoxy) is 1. The minimum Gasteiger partial charge on any atom is -0.369 e. The van der Waals surface area contributed by atoms with Crippen LogP contribution in [0.15, 0.2) is 60.7 Å². The van der Waals surface area contributed by atoms with Gasteiger partial charge in [-0.1, -0.05) is 60.7 Å². The highest BCUT2D eigenvalue weighted by atomic mass is 32.1. The maximum absolute atomic E-state index is 13.7. The van der Waals surface area contributed by atoms with E-state index in [0.717, 1.165) is 68.0 Å². The third kappa shape index (κ3) is 7.03. The lowest BCUT2D eigenvalue weighted by molar-refractivity contribution is -0.117. The van der Waals surface area contributed by atoms with Gasteiger partial charge in [-0.25, -0.2) is 0 Å². The summed E-state index contributed by atoms with van der Waals surface area (Å²) in [5.74, 6) is 2.18. The number of fused-ring (bicyclic) bond motifs is 1. The molecule has 3 aliphatic rings. The Bertz CT molecular complexity index is 1660. The summed E-state index contributed by atoms with van der Waals surface area (Å²) in [5, 5.41) is 16.5. The number of anilines is 2. The molecular weight excluding hydrogens is 597 g/mol. The van der Waals surface area contributed by atoms with Gasteiger partial charge in [0, 0.05) is 36.5 Å². The number of thiophene rings is 1. The fraction of sp³-hybridized carbons (Fsp3) is 0.444. The van der Waals surface area contributed by atoms with E-state index in [2.05, 4.69) is 68.5 Å². The van der Waals surface area contributed by atoms with Crippen molar-refractivity contribution in [3.8, 4) is 0 Å². The number of nitrogens with one attached hydrogen (secondary N) is 2. The van der Waals surface area contributed by atoms with Gasteiger partial charge in [-0.15, -0.1) is 21.5 Å². The number of rotatable bonds is 14. The molecule has 0 bridgehead atoms. The van der Waals surface area contributed by atoms with Crippen molar-refractivity contribution >= 4 is 34.1 Å². The molecule has 2 saturated carbocycles. The summed E-state index contributed by atoms with van der Waals surface area (Å²) in [4.78, 5) is 30.1. The number of aryl methyl sites for hydroxylation is 1. The Morgan fingerprint density at radius 1 is 0.957 bits per heavy atom. The van der Waals surface area contributed by atoms with Gasteiger partial charge < -0.3 is 20.3 Å². The highest BCUT2D eigenvalue weighted by molar-refractivity contribution is 7.17. The first kappa shape index (κ1) is 30.6. The summed E-state index contributed by atoms with van der Waals surface area (Å²) >= 11 is 1.58. The molecule has 1 atom stereocenters. The van der Waals surface area contributed by atoms with Gasteiger partial charge >= 0.3 is 0 Å². The predicted octanol–water partition coefficient (Wildman–Crippen LogP) is 6.30. The first-order chi connectivity index (χ1) is 22.6. The second-order valence-electron chi connectivity index (χ2n) is 12.8. The molecule has 2 amide bonds. The lowest BCUT2D eigenvalue weighted by atomic mass is 9.90. The third-order valence-electron chi connectivity index (χ3n) is 9.23. The van der Waals surface area contributed by atoms with E-state index < -0.39 is 0 Å². The van der Waals surface area contributed by atoms with Gasteiger partial charge in [0.2, 0.25) is 11.9 Å². The molecule has 2 aromatic heterocycles. The molecule has 0 spiro atoms. The van der Waals surface area contributed by atoms with Crippen molar-refractivity contribution in [2.75, 3.05) is 23.3 Å². The van der Waals surface area contributed by atoms with E-state index in [1.165, 1.54) is 10.4 Å². The van der Waals surface area contributed by atoms with Crippen LogP contribution in [0.1, 0.15) is 82.8 Å². The van der Waals surface area contributed by atoms with Crippen molar-refractivity contribution in [2.24, 2.45) is 11.8 Å². The summed E-state index contributed by atoms with van der Waals surface area (Å²) in [6.07, 6.45) is 6.54. The zero-order valence-corrected chi connectivity index (χ0v) is 27.2. The number of aromatic nitrogens is 3. The average Bonchev–Trinajstić information content (AvgIpc) is 4.02. The SMILES string of the molecule is CCN(Cc1ccccc1)c1nnc(COCc2ccccc2)n1C1CCc2sc(NC(=O)C3CC3)c(C(=O)NCC3CC3)c2C1. The standard InChI is InChI=1S/C36H42N6O3S/c1-2-41(21-25-9-5-3-6-10-25)36-40-39-31(23-45-22-26-11-7-4-8-12-26)42(36)28-17-18-30-29(19-28)32(34(44)37-20-24-13-14-24)35(46-30)38-33(43)27-15-16-27/h3-12,24,27-28H,2,13-23H2,1H3,(H,37,44)(H,38,43). The van der Waals surface area contributed by atoms with E-state index in [0.29, 0.717) is 49.2 Å². The van der Waals surface area contributed by atoms with Gasteiger partial charge in [0.1, 0.15) is 11.6 Å². The Morgan fingerprint density at radius 3 is 2.39 bits per heavy atom. The Balaban J connectivity index is 1.19. The quantitative estimate of drug-likeness (QED) is 0.168. The van der Waals surface area contributed by atoms with Crippen molar-refractivity contribution in [2.45, 2.75) is 77.7 Å². The van der Waals surface area contributed by atoms with Crippen molar-refractivity contribution in [1.29, 1.82) is 0 Å². The fourth-order valence-electron chi connectivity index (χ4n) is 6.29. The van der Waals surface area contributed by atoms with E-state index >= 15 is 0 Å². The predicted molar refractivity (Wildman–Crippen MR) is 180 cm³/mol. The third-order valence-corrected chi connectivity index (χ3v) is 10.4. The Kier molecular flexibility index (Phi) is 9.16. The minimum atomic E-state index is -0.0780. The van der Waals surface area contributed by atoms with Crippen molar-refractivity contribution in [3.63, 3.8) is 0 Å². The number of nitrogens with zero attached hydrogens (tertiary/aromatic N) is 4. The summed E-state index contributed by atoms with van der Waals surface area (Å²) < 4.78 is 8.45. The van der Waals surface area contributed by atoms with E-state index in [9.17, 15) is 9.59 Å². The number of amides is 2. The Hall–Kier alpha value is -4.02. The molecule has 46 heavy (non-hydrogen) atoms. The van der Waals surface area contributed by atoms with Gasteiger partial charge in [-0.2, -0.15) is 0 Å². The molecule has 1 unspecified atom stereocenters. The molecule has 7 rings (SSSR count). The summed E-state index contributed by atoms with van der Waals surface area (Å²) in [6.45, 7) is 5.12. The fourth-order valence-corrected chi connectivity index (χ4v) is 7.53. The normalized spacial score (nSPS) is 17.4. The molecule has 0 radical (unpaired) electrons. The molecular formula is C36H42N6O3S. The van der Waals surface area contributed by atoms with Crippen LogP contribution in [0.4, 0.5) is 10.9 Å². The van der Waals surface area contributed by atoms with Gasteiger partial charge in [-0.3, -0.25) is 14.2 Å². The molecule has 2 fully saturated rings. The Morgan fingerprint density at radius 2 is 1.70 bits per heavy atom. The van der Waals surface area contributed by atoms with E-state index in [-0.39, 0.29) is 23.8 Å². The van der Waals surface area contributed by atoms with Crippen LogP contribution in [-0.4, -0.2) is 39.7 Å². The molecule has 240 valence electrons. The smallest absolute Gasteiger partial charge is 0.254 e. The molecule has 2 aromatic carbocycles. The summed E-state index contributed by atoms with van der Waals surface area (Å²) in [6, 6.07) is 20.6. The molecule has 0 aliphatic heterocycles. The maximum Gasteiger partial charge on any atom is 0.254 e. The van der Waals surface area contributed by atoms with Crippen LogP contribution < -0.4 is 15.5 Å². The van der Waals surface area contributed by atoms with Crippen molar-refractivity contribution in [1.82, 2.24) is 20.1 Å². The first-order valence-corrected chi connectivity index (χ1v) is 17.5. The average molecular weight is 639 g/mol. The molecule has 2 N–H and O–H groups in total. The van der Waals surface area contributed by atoms with Gasteiger partial charge in [0.25, 0.3) is 5.91 Å². The van der Waals surface area contributed by atoms with E-state index in [1.807, 2.05) is 24.3 Å². The number of hydrogen-bond acceptors (Lipinski definition) is 7. The second kappa shape index (κ2) is 13.8. The molecule has 9 nitrogen and oxygen atoms in total. The van der Waals surface area contributed by atoms with Crippen LogP contribution in [0, 0.1) is 11.8 Å². The van der Waals surface area contributed by atoms with Crippen LogP contribution in [0.25, 0.3) is 0 Å². The van der Waals surface area contributed by atoms with E-state index in [4.69, 9.17) is 9.84 Å². The zero-order chi connectivity index (χ0) is 31.5. The van der Waals surface area contributed by atoms with Crippen LogP contribution in [-0.2, 0) is 42.1 Å². The number of hydrogen-bond donors (Lipinski definition) is 2. The molecule has 2 heterocycles. The number of benzene rings is 2. The lowest BCUT2D eigenvalue weighted by Gasteiger charge is -2.30. The van der Waals surface area contributed by atoms with Gasteiger partial charge in [0.05, 0.1) is 12.2 Å². The highest BCUT2D eigenvalue weighted by Crippen LogP contribution is 2.43. The molecule has 0 saturated heterocycles. The highest BCUT2D eigenvalue weighted by Gasteiger charge is 2.36.